The third kappa shape index (κ3) is 1.30. The van der Waals surface area contributed by atoms with E-state index >= 15 is 0 Å². The van der Waals surface area contributed by atoms with Gasteiger partial charge in [0.1, 0.15) is 11.3 Å². The number of aromatic hydroxyl groups is 3. The van der Waals surface area contributed by atoms with Crippen molar-refractivity contribution < 1.29 is 25.2 Å². The lowest BCUT2D eigenvalue weighted by Crippen LogP contribution is -1.96. The van der Waals surface area contributed by atoms with Crippen LogP contribution in [-0.4, -0.2) is 26.4 Å². The Hall–Kier alpha value is -2.43. The molecule has 5 heteroatoms. The van der Waals surface area contributed by atoms with Gasteiger partial charge in [0.25, 0.3) is 0 Å². The van der Waals surface area contributed by atoms with Crippen LogP contribution < -0.4 is 0 Å². The van der Waals surface area contributed by atoms with E-state index in [0.717, 1.165) is 0 Å². The molecule has 0 bridgehead atoms. The van der Waals surface area contributed by atoms with Gasteiger partial charge in [-0.05, 0) is 24.3 Å². The van der Waals surface area contributed by atoms with E-state index in [1.807, 2.05) is 0 Å². The van der Waals surface area contributed by atoms with Gasteiger partial charge in [0, 0.05) is 10.8 Å². The first-order chi connectivity index (χ1) is 7.52. The van der Waals surface area contributed by atoms with E-state index in [2.05, 4.69) is 0 Å². The minimum Gasteiger partial charge on any atom is -0.506 e. The van der Waals surface area contributed by atoms with E-state index < -0.39 is 11.7 Å². The van der Waals surface area contributed by atoms with Gasteiger partial charge in [0.2, 0.25) is 0 Å². The molecule has 0 amide bonds. The summed E-state index contributed by atoms with van der Waals surface area (Å²) in [5.74, 6) is -2.40. The molecule has 0 saturated carbocycles. The van der Waals surface area contributed by atoms with Crippen molar-refractivity contribution in [3.05, 3.63) is 29.8 Å². The summed E-state index contributed by atoms with van der Waals surface area (Å²) in [4.78, 5) is 10.7. The molecule has 0 fully saturated rings. The Bertz CT molecular complexity index is 588. The summed E-state index contributed by atoms with van der Waals surface area (Å²) in [6.45, 7) is 0. The molecular formula is C11H8O5. The van der Waals surface area contributed by atoms with Gasteiger partial charge in [-0.15, -0.1) is 0 Å². The van der Waals surface area contributed by atoms with Gasteiger partial charge in [-0.3, -0.25) is 0 Å². The number of aromatic carboxylic acids is 1. The molecule has 0 aliphatic heterocycles. The van der Waals surface area contributed by atoms with Crippen molar-refractivity contribution in [2.45, 2.75) is 0 Å². The first-order valence-electron chi connectivity index (χ1n) is 4.42. The number of rotatable bonds is 1. The maximum atomic E-state index is 10.7. The molecule has 0 heterocycles. The molecule has 16 heavy (non-hydrogen) atoms. The van der Waals surface area contributed by atoms with Crippen LogP contribution in [0.25, 0.3) is 10.8 Å². The van der Waals surface area contributed by atoms with Crippen LogP contribution in [0.3, 0.4) is 0 Å². The van der Waals surface area contributed by atoms with E-state index in [-0.39, 0.29) is 27.8 Å². The zero-order valence-electron chi connectivity index (χ0n) is 8.01. The van der Waals surface area contributed by atoms with Crippen LogP contribution in [0.2, 0.25) is 0 Å². The summed E-state index contributed by atoms with van der Waals surface area (Å²) in [6.07, 6.45) is 0. The van der Waals surface area contributed by atoms with Crippen molar-refractivity contribution >= 4 is 16.7 Å². The normalized spacial score (nSPS) is 10.5. The Balaban J connectivity index is 2.87. The lowest BCUT2D eigenvalue weighted by atomic mass is 10.0. The number of carboxylic acids is 1. The molecule has 2 aromatic carbocycles. The van der Waals surface area contributed by atoms with Gasteiger partial charge < -0.3 is 20.4 Å². The van der Waals surface area contributed by atoms with Crippen molar-refractivity contribution in [1.29, 1.82) is 0 Å². The molecule has 0 aromatic heterocycles. The number of carboxylic acid groups (broad SMARTS) is 1. The zero-order chi connectivity index (χ0) is 11.9. The van der Waals surface area contributed by atoms with E-state index in [0.29, 0.717) is 0 Å². The van der Waals surface area contributed by atoms with Gasteiger partial charge in [0.05, 0.1) is 0 Å². The summed E-state index contributed by atoms with van der Waals surface area (Å²) in [5.41, 5.74) is -0.252. The maximum absolute atomic E-state index is 10.7. The number of hydrogen-bond donors (Lipinski definition) is 4. The Kier molecular flexibility index (Phi) is 2.09. The summed E-state index contributed by atoms with van der Waals surface area (Å²) in [7, 11) is 0. The van der Waals surface area contributed by atoms with Crippen LogP contribution >= 0.6 is 0 Å². The molecule has 0 aliphatic carbocycles. The molecule has 2 rings (SSSR count). The van der Waals surface area contributed by atoms with Crippen LogP contribution in [0, 0.1) is 0 Å². The second kappa shape index (κ2) is 3.30. The number of benzene rings is 2. The van der Waals surface area contributed by atoms with Crippen molar-refractivity contribution in [1.82, 2.24) is 0 Å². The highest BCUT2D eigenvalue weighted by Gasteiger charge is 2.15. The third-order valence-electron chi connectivity index (χ3n) is 2.35. The Morgan fingerprint density at radius 1 is 0.875 bits per heavy atom. The monoisotopic (exact) mass is 220 g/mol. The third-order valence-corrected chi connectivity index (χ3v) is 2.35. The number of phenols is 3. The highest BCUT2D eigenvalue weighted by Crippen LogP contribution is 2.38. The van der Waals surface area contributed by atoms with Crippen LogP contribution in [0.15, 0.2) is 24.3 Å². The van der Waals surface area contributed by atoms with Crippen molar-refractivity contribution in [2.75, 3.05) is 0 Å². The fourth-order valence-corrected chi connectivity index (χ4v) is 1.53. The first kappa shape index (κ1) is 10.1. The minimum atomic E-state index is -1.26. The Labute approximate surface area is 89.8 Å². The van der Waals surface area contributed by atoms with E-state index in [9.17, 15) is 20.1 Å². The quantitative estimate of drug-likeness (QED) is 0.548. The predicted octanol–water partition coefficient (Wildman–Crippen LogP) is 1.65. The first-order valence-corrected chi connectivity index (χ1v) is 4.42. The average molecular weight is 220 g/mol. The molecule has 0 aliphatic rings. The van der Waals surface area contributed by atoms with Crippen LogP contribution in [0.5, 0.6) is 17.2 Å². The van der Waals surface area contributed by atoms with Gasteiger partial charge in [-0.2, -0.15) is 0 Å². The molecule has 2 aromatic rings. The number of phenolic OH excluding ortho intramolecular Hbond substituents is 2. The maximum Gasteiger partial charge on any atom is 0.339 e. The fraction of sp³-hybridized carbons (Fsp3) is 0. The molecule has 0 atom stereocenters. The summed E-state index contributed by atoms with van der Waals surface area (Å²) in [5, 5.41) is 37.6. The van der Waals surface area contributed by atoms with E-state index in [4.69, 9.17) is 5.11 Å². The lowest BCUT2D eigenvalue weighted by molar-refractivity contribution is 0.0694. The van der Waals surface area contributed by atoms with Crippen LogP contribution in [0.4, 0.5) is 0 Å². The molecule has 0 radical (unpaired) electrons. The molecule has 0 unspecified atom stereocenters. The number of carbonyl (C=O) groups is 1. The Morgan fingerprint density at radius 2 is 1.44 bits per heavy atom. The average Bonchev–Trinajstić information content (AvgIpc) is 2.23. The second-order valence-corrected chi connectivity index (χ2v) is 3.30. The van der Waals surface area contributed by atoms with Gasteiger partial charge in [-0.25, -0.2) is 4.79 Å². The molecule has 0 spiro atoms. The number of hydrogen-bond acceptors (Lipinski definition) is 4. The highest BCUT2D eigenvalue weighted by molar-refractivity contribution is 6.02. The van der Waals surface area contributed by atoms with Gasteiger partial charge in [-0.1, -0.05) is 0 Å². The molecule has 0 saturated heterocycles. The SMILES string of the molecule is O=C(O)c1ccc2c(O)c(O)ccc2c1O. The molecular weight excluding hydrogens is 212 g/mol. The predicted molar refractivity (Wildman–Crippen MR) is 55.9 cm³/mol. The van der Waals surface area contributed by atoms with Crippen LogP contribution in [0.1, 0.15) is 10.4 Å². The zero-order valence-corrected chi connectivity index (χ0v) is 8.01. The summed E-state index contributed by atoms with van der Waals surface area (Å²) < 4.78 is 0. The van der Waals surface area contributed by atoms with Crippen molar-refractivity contribution in [3.63, 3.8) is 0 Å². The topological polar surface area (TPSA) is 98.0 Å². The summed E-state index contributed by atoms with van der Waals surface area (Å²) >= 11 is 0. The largest absolute Gasteiger partial charge is 0.506 e. The molecule has 82 valence electrons. The molecule has 4 N–H and O–H groups in total. The van der Waals surface area contributed by atoms with E-state index in [1.165, 1.54) is 24.3 Å². The number of fused-ring (bicyclic) bond motifs is 1. The highest BCUT2D eigenvalue weighted by atomic mass is 16.4. The van der Waals surface area contributed by atoms with Crippen LogP contribution in [-0.2, 0) is 0 Å². The van der Waals surface area contributed by atoms with Crippen molar-refractivity contribution in [2.24, 2.45) is 0 Å². The van der Waals surface area contributed by atoms with Crippen molar-refractivity contribution in [3.8, 4) is 17.2 Å². The van der Waals surface area contributed by atoms with E-state index in [1.54, 1.807) is 0 Å². The standard InChI is InChI=1S/C11H8O5/c12-8-4-3-5-6(10(8)14)1-2-7(9(5)13)11(15)16/h1-4,12-14H,(H,15,16). The minimum absolute atomic E-state index is 0.176. The summed E-state index contributed by atoms with van der Waals surface area (Å²) in [6, 6.07) is 5.02. The van der Waals surface area contributed by atoms with Gasteiger partial charge >= 0.3 is 5.97 Å². The lowest BCUT2D eigenvalue weighted by Gasteiger charge is -2.07. The smallest absolute Gasteiger partial charge is 0.339 e. The molecule has 5 nitrogen and oxygen atoms in total. The van der Waals surface area contributed by atoms with Gasteiger partial charge in [0.15, 0.2) is 11.5 Å². The Morgan fingerprint density at radius 3 is 2.06 bits per heavy atom. The fourth-order valence-electron chi connectivity index (χ4n) is 1.53. The second-order valence-electron chi connectivity index (χ2n) is 3.30.